The lowest BCUT2D eigenvalue weighted by molar-refractivity contribution is 0.146. The molecule has 1 fully saturated rings. The summed E-state index contributed by atoms with van der Waals surface area (Å²) in [6.07, 6.45) is 0.486. The summed E-state index contributed by atoms with van der Waals surface area (Å²) in [6, 6.07) is 2.31. The molecule has 1 atom stereocenters. The number of halogens is 2. The summed E-state index contributed by atoms with van der Waals surface area (Å²) >= 11 is 0. The van der Waals surface area contributed by atoms with Gasteiger partial charge in [0.15, 0.2) is 0 Å². The topological polar surface area (TPSA) is 29.5 Å². The molecule has 2 rings (SSSR count). The summed E-state index contributed by atoms with van der Waals surface area (Å²) in [5.41, 5.74) is -0.747. The summed E-state index contributed by atoms with van der Waals surface area (Å²) in [7, 11) is 1.36. The van der Waals surface area contributed by atoms with Gasteiger partial charge in [0.25, 0.3) is 0 Å². The fraction of sp³-hybridized carbons (Fsp3) is 0.500. The maximum atomic E-state index is 13.8. The molecule has 0 amide bonds. The summed E-state index contributed by atoms with van der Waals surface area (Å²) in [5, 5.41) is 9.61. The zero-order chi connectivity index (χ0) is 11.9. The van der Waals surface area contributed by atoms with E-state index in [1.807, 2.05) is 0 Å². The van der Waals surface area contributed by atoms with Gasteiger partial charge in [0, 0.05) is 23.1 Å². The molecule has 0 aromatic heterocycles. The molecule has 0 radical (unpaired) electrons. The minimum absolute atomic E-state index is 0.0108. The average molecular weight is 228 g/mol. The summed E-state index contributed by atoms with van der Waals surface area (Å²) in [5.74, 6) is -1.13. The van der Waals surface area contributed by atoms with E-state index in [1.165, 1.54) is 7.11 Å². The van der Waals surface area contributed by atoms with Gasteiger partial charge in [0.05, 0.1) is 13.2 Å². The van der Waals surface area contributed by atoms with Crippen LogP contribution in [0.2, 0.25) is 0 Å². The van der Waals surface area contributed by atoms with E-state index in [2.05, 4.69) is 0 Å². The van der Waals surface area contributed by atoms with E-state index < -0.39 is 23.2 Å². The molecule has 0 spiro atoms. The van der Waals surface area contributed by atoms with Crippen LogP contribution in [0.25, 0.3) is 0 Å². The van der Waals surface area contributed by atoms with E-state index in [0.29, 0.717) is 12.8 Å². The Bertz CT molecular complexity index is 388. The second kappa shape index (κ2) is 3.70. The fourth-order valence-corrected chi connectivity index (χ4v) is 2.15. The first kappa shape index (κ1) is 11.3. The van der Waals surface area contributed by atoms with Crippen LogP contribution in [-0.2, 0) is 5.41 Å². The minimum Gasteiger partial charge on any atom is -0.497 e. The predicted octanol–water partition coefficient (Wildman–Crippen LogP) is 2.39. The first-order chi connectivity index (χ1) is 7.51. The molecule has 1 aromatic rings. The van der Waals surface area contributed by atoms with Gasteiger partial charge in [-0.3, -0.25) is 0 Å². The minimum atomic E-state index is -0.745. The maximum absolute atomic E-state index is 13.8. The van der Waals surface area contributed by atoms with Crippen molar-refractivity contribution in [2.24, 2.45) is 0 Å². The second-order valence-electron chi connectivity index (χ2n) is 4.30. The Morgan fingerprint density at radius 2 is 1.81 bits per heavy atom. The zero-order valence-electron chi connectivity index (χ0n) is 9.26. The molecule has 1 N–H and O–H groups in total. The van der Waals surface area contributed by atoms with Gasteiger partial charge < -0.3 is 9.84 Å². The van der Waals surface area contributed by atoms with Crippen LogP contribution in [0.1, 0.15) is 25.3 Å². The van der Waals surface area contributed by atoms with E-state index in [4.69, 9.17) is 4.74 Å². The van der Waals surface area contributed by atoms with E-state index in [1.54, 1.807) is 6.92 Å². The normalized spacial score (nSPS) is 19.3. The first-order valence-corrected chi connectivity index (χ1v) is 5.23. The van der Waals surface area contributed by atoms with Crippen LogP contribution in [-0.4, -0.2) is 18.3 Å². The third kappa shape index (κ3) is 1.57. The Kier molecular flexibility index (Phi) is 2.62. The maximum Gasteiger partial charge on any atom is 0.133 e. The summed E-state index contributed by atoms with van der Waals surface area (Å²) < 4.78 is 32.3. The van der Waals surface area contributed by atoms with Crippen molar-refractivity contribution in [3.05, 3.63) is 29.3 Å². The van der Waals surface area contributed by atoms with Gasteiger partial charge in [-0.25, -0.2) is 8.78 Å². The molecule has 0 saturated heterocycles. The van der Waals surface area contributed by atoms with Crippen LogP contribution < -0.4 is 4.74 Å². The molecule has 1 unspecified atom stereocenters. The molecule has 0 aliphatic heterocycles. The highest BCUT2D eigenvalue weighted by atomic mass is 19.1. The van der Waals surface area contributed by atoms with Crippen LogP contribution in [0.4, 0.5) is 8.78 Å². The van der Waals surface area contributed by atoms with E-state index in [9.17, 15) is 13.9 Å². The zero-order valence-corrected chi connectivity index (χ0v) is 9.26. The average Bonchev–Trinajstić information content (AvgIpc) is 2.98. The van der Waals surface area contributed by atoms with Crippen molar-refractivity contribution in [3.63, 3.8) is 0 Å². The number of ether oxygens (including phenoxy) is 1. The number of benzene rings is 1. The molecule has 1 aromatic carbocycles. The fourth-order valence-electron chi connectivity index (χ4n) is 2.15. The Balaban J connectivity index is 2.50. The third-order valence-corrected chi connectivity index (χ3v) is 3.34. The molecule has 1 aliphatic rings. The van der Waals surface area contributed by atoms with Crippen molar-refractivity contribution in [3.8, 4) is 5.75 Å². The van der Waals surface area contributed by atoms with Gasteiger partial charge in [-0.1, -0.05) is 0 Å². The lowest BCUT2D eigenvalue weighted by Gasteiger charge is -2.20. The standard InChI is InChI=1S/C12H14F2O2/c1-7(15)12(3-4-12)11-9(13)5-8(16-2)6-10(11)14/h5-7,15H,3-4H2,1-2H3. The molecule has 0 bridgehead atoms. The van der Waals surface area contributed by atoms with Gasteiger partial charge in [0.2, 0.25) is 0 Å². The number of methoxy groups -OCH3 is 1. The second-order valence-corrected chi connectivity index (χ2v) is 4.30. The Morgan fingerprint density at radius 3 is 2.12 bits per heavy atom. The Hall–Kier alpha value is -1.16. The molecule has 16 heavy (non-hydrogen) atoms. The molecule has 0 heterocycles. The predicted molar refractivity (Wildman–Crippen MR) is 55.5 cm³/mol. The van der Waals surface area contributed by atoms with Gasteiger partial charge in [-0.15, -0.1) is 0 Å². The van der Waals surface area contributed by atoms with Gasteiger partial charge in [-0.05, 0) is 19.8 Å². The van der Waals surface area contributed by atoms with Crippen LogP contribution in [0.3, 0.4) is 0 Å². The first-order valence-electron chi connectivity index (χ1n) is 5.23. The molecular formula is C12H14F2O2. The number of aliphatic hydroxyl groups excluding tert-OH is 1. The van der Waals surface area contributed by atoms with Gasteiger partial charge >= 0.3 is 0 Å². The van der Waals surface area contributed by atoms with Gasteiger partial charge in [-0.2, -0.15) is 0 Å². The summed E-state index contributed by atoms with van der Waals surface area (Å²) in [4.78, 5) is 0. The third-order valence-electron chi connectivity index (χ3n) is 3.34. The van der Waals surface area contributed by atoms with Crippen molar-refractivity contribution >= 4 is 0 Å². The molecule has 1 aliphatic carbocycles. The van der Waals surface area contributed by atoms with Crippen molar-refractivity contribution < 1.29 is 18.6 Å². The van der Waals surface area contributed by atoms with Crippen molar-refractivity contribution in [1.82, 2.24) is 0 Å². The number of aliphatic hydroxyl groups is 1. The largest absolute Gasteiger partial charge is 0.497 e. The van der Waals surface area contributed by atoms with E-state index >= 15 is 0 Å². The van der Waals surface area contributed by atoms with Crippen molar-refractivity contribution in [1.29, 1.82) is 0 Å². The molecule has 4 heteroatoms. The highest BCUT2D eigenvalue weighted by molar-refractivity contribution is 5.39. The summed E-state index contributed by atoms with van der Waals surface area (Å²) in [6.45, 7) is 1.57. The number of hydrogen-bond acceptors (Lipinski definition) is 2. The SMILES string of the molecule is COc1cc(F)c(C2(C(C)O)CC2)c(F)c1. The quantitative estimate of drug-likeness (QED) is 0.860. The van der Waals surface area contributed by atoms with Crippen LogP contribution >= 0.6 is 0 Å². The monoisotopic (exact) mass is 228 g/mol. The highest BCUT2D eigenvalue weighted by Crippen LogP contribution is 2.52. The lowest BCUT2D eigenvalue weighted by atomic mass is 9.90. The van der Waals surface area contributed by atoms with E-state index in [-0.39, 0.29) is 11.3 Å². The number of hydrogen-bond donors (Lipinski definition) is 1. The van der Waals surface area contributed by atoms with Crippen molar-refractivity contribution in [2.75, 3.05) is 7.11 Å². The highest BCUT2D eigenvalue weighted by Gasteiger charge is 2.51. The Labute approximate surface area is 92.9 Å². The van der Waals surface area contributed by atoms with Gasteiger partial charge in [0.1, 0.15) is 17.4 Å². The number of rotatable bonds is 3. The van der Waals surface area contributed by atoms with Crippen LogP contribution in [0, 0.1) is 11.6 Å². The molecule has 88 valence electrons. The molecular weight excluding hydrogens is 214 g/mol. The van der Waals surface area contributed by atoms with Crippen LogP contribution in [0.5, 0.6) is 5.75 Å². The van der Waals surface area contributed by atoms with Crippen molar-refractivity contribution in [2.45, 2.75) is 31.3 Å². The van der Waals surface area contributed by atoms with E-state index in [0.717, 1.165) is 12.1 Å². The Morgan fingerprint density at radius 1 is 1.31 bits per heavy atom. The van der Waals surface area contributed by atoms with Crippen LogP contribution in [0.15, 0.2) is 12.1 Å². The molecule has 2 nitrogen and oxygen atoms in total. The lowest BCUT2D eigenvalue weighted by Crippen LogP contribution is -2.25. The molecule has 1 saturated carbocycles. The smallest absolute Gasteiger partial charge is 0.133 e.